The Morgan fingerprint density at radius 2 is 2.31 bits per heavy atom. The highest BCUT2D eigenvalue weighted by Crippen LogP contribution is 2.24. The molecular weight excluding hydrogens is 222 g/mol. The van der Waals surface area contributed by atoms with Gasteiger partial charge in [0.25, 0.3) is 0 Å². The van der Waals surface area contributed by atoms with Gasteiger partial charge in [-0.3, -0.25) is 0 Å². The summed E-state index contributed by atoms with van der Waals surface area (Å²) in [6.07, 6.45) is -0.224. The van der Waals surface area contributed by atoms with Crippen LogP contribution in [0.3, 0.4) is 0 Å². The third kappa shape index (κ3) is 2.33. The number of amides is 1. The maximum absolute atomic E-state index is 10.3. The normalized spacial score (nSPS) is 10.6. The standard InChI is InChI=1S/C12H13NO2S/c1-8-6-11-10(3-5-16-11)7-9(8)2-4-13-12(14)15/h3,5-7,13H,2,4H2,1H3,(H,14,15). The van der Waals surface area contributed by atoms with Crippen molar-refractivity contribution < 1.29 is 9.90 Å². The molecule has 1 aromatic carbocycles. The predicted octanol–water partition coefficient (Wildman–Crippen LogP) is 3.02. The van der Waals surface area contributed by atoms with Crippen LogP contribution in [0.5, 0.6) is 0 Å². The number of thiophene rings is 1. The highest BCUT2D eigenvalue weighted by atomic mass is 32.1. The number of carboxylic acid groups (broad SMARTS) is 1. The van der Waals surface area contributed by atoms with Gasteiger partial charge in [0.2, 0.25) is 0 Å². The van der Waals surface area contributed by atoms with Crippen molar-refractivity contribution in [3.05, 3.63) is 34.7 Å². The zero-order valence-electron chi connectivity index (χ0n) is 8.99. The molecule has 3 nitrogen and oxygen atoms in total. The van der Waals surface area contributed by atoms with E-state index in [0.29, 0.717) is 6.54 Å². The SMILES string of the molecule is Cc1cc2sccc2cc1CCNC(=O)O. The summed E-state index contributed by atoms with van der Waals surface area (Å²) in [7, 11) is 0. The van der Waals surface area contributed by atoms with E-state index in [0.717, 1.165) is 6.42 Å². The molecule has 0 atom stereocenters. The van der Waals surface area contributed by atoms with Gasteiger partial charge in [0.05, 0.1) is 0 Å². The van der Waals surface area contributed by atoms with Crippen LogP contribution in [0.4, 0.5) is 4.79 Å². The molecular formula is C12H13NO2S. The van der Waals surface area contributed by atoms with E-state index in [4.69, 9.17) is 5.11 Å². The van der Waals surface area contributed by atoms with E-state index in [9.17, 15) is 4.79 Å². The van der Waals surface area contributed by atoms with Crippen molar-refractivity contribution in [3.63, 3.8) is 0 Å². The van der Waals surface area contributed by atoms with Gasteiger partial charge in [-0.15, -0.1) is 11.3 Å². The van der Waals surface area contributed by atoms with Crippen molar-refractivity contribution in [1.29, 1.82) is 0 Å². The van der Waals surface area contributed by atoms with Crippen molar-refractivity contribution in [2.45, 2.75) is 13.3 Å². The molecule has 0 bridgehead atoms. The number of hydrogen-bond acceptors (Lipinski definition) is 2. The molecule has 2 rings (SSSR count). The van der Waals surface area contributed by atoms with Gasteiger partial charge in [0, 0.05) is 11.2 Å². The van der Waals surface area contributed by atoms with Gasteiger partial charge in [-0.05, 0) is 53.4 Å². The summed E-state index contributed by atoms with van der Waals surface area (Å²) >= 11 is 1.73. The molecule has 0 fully saturated rings. The molecule has 0 aliphatic heterocycles. The number of aryl methyl sites for hydroxylation is 1. The molecule has 2 aromatic rings. The van der Waals surface area contributed by atoms with Crippen LogP contribution in [0.25, 0.3) is 10.1 Å². The van der Waals surface area contributed by atoms with Gasteiger partial charge >= 0.3 is 6.09 Å². The second kappa shape index (κ2) is 4.53. The summed E-state index contributed by atoms with van der Waals surface area (Å²) in [5.74, 6) is 0. The quantitative estimate of drug-likeness (QED) is 0.859. The fourth-order valence-electron chi connectivity index (χ4n) is 1.73. The molecule has 1 amide bonds. The molecule has 4 heteroatoms. The van der Waals surface area contributed by atoms with Crippen molar-refractivity contribution in [2.24, 2.45) is 0 Å². The Hall–Kier alpha value is -1.55. The predicted molar refractivity (Wildman–Crippen MR) is 66.3 cm³/mol. The summed E-state index contributed by atoms with van der Waals surface area (Å²) in [5.41, 5.74) is 2.43. The lowest BCUT2D eigenvalue weighted by Gasteiger charge is -2.06. The molecule has 2 N–H and O–H groups in total. The maximum atomic E-state index is 10.3. The smallest absolute Gasteiger partial charge is 0.404 e. The van der Waals surface area contributed by atoms with Crippen molar-refractivity contribution in [3.8, 4) is 0 Å². The van der Waals surface area contributed by atoms with E-state index in [2.05, 4.69) is 35.8 Å². The summed E-state index contributed by atoms with van der Waals surface area (Å²) in [6, 6.07) is 6.40. The lowest BCUT2D eigenvalue weighted by Crippen LogP contribution is -2.23. The fourth-order valence-corrected chi connectivity index (χ4v) is 2.60. The van der Waals surface area contributed by atoms with Crippen LogP contribution in [0.15, 0.2) is 23.6 Å². The van der Waals surface area contributed by atoms with Gasteiger partial charge in [-0.25, -0.2) is 4.79 Å². The van der Waals surface area contributed by atoms with Gasteiger partial charge in [-0.1, -0.05) is 0 Å². The van der Waals surface area contributed by atoms with E-state index >= 15 is 0 Å². The molecule has 84 valence electrons. The molecule has 0 unspecified atom stereocenters. The molecule has 1 heterocycles. The molecule has 16 heavy (non-hydrogen) atoms. The summed E-state index contributed by atoms with van der Waals surface area (Å²) < 4.78 is 1.28. The third-order valence-corrected chi connectivity index (χ3v) is 3.46. The Morgan fingerprint density at radius 1 is 1.50 bits per heavy atom. The third-order valence-electron chi connectivity index (χ3n) is 2.58. The summed E-state index contributed by atoms with van der Waals surface area (Å²) in [6.45, 7) is 2.53. The zero-order valence-corrected chi connectivity index (χ0v) is 9.80. The number of fused-ring (bicyclic) bond motifs is 1. The first-order valence-corrected chi connectivity index (χ1v) is 5.98. The Morgan fingerprint density at radius 3 is 3.06 bits per heavy atom. The van der Waals surface area contributed by atoms with Crippen LogP contribution in [-0.2, 0) is 6.42 Å². The fraction of sp³-hybridized carbons (Fsp3) is 0.250. The van der Waals surface area contributed by atoms with Crippen LogP contribution in [0, 0.1) is 6.92 Å². The van der Waals surface area contributed by atoms with Gasteiger partial charge in [0.1, 0.15) is 0 Å². The average Bonchev–Trinajstić information content (AvgIpc) is 2.64. The van der Waals surface area contributed by atoms with E-state index in [-0.39, 0.29) is 0 Å². The van der Waals surface area contributed by atoms with Crippen molar-refractivity contribution in [2.75, 3.05) is 6.54 Å². The van der Waals surface area contributed by atoms with Gasteiger partial charge < -0.3 is 10.4 Å². The number of nitrogens with one attached hydrogen (secondary N) is 1. The maximum Gasteiger partial charge on any atom is 0.404 e. The van der Waals surface area contributed by atoms with E-state index < -0.39 is 6.09 Å². The van der Waals surface area contributed by atoms with E-state index in [1.165, 1.54) is 21.2 Å². The van der Waals surface area contributed by atoms with Crippen molar-refractivity contribution in [1.82, 2.24) is 5.32 Å². The first-order chi connectivity index (χ1) is 7.66. The first-order valence-electron chi connectivity index (χ1n) is 5.10. The Balaban J connectivity index is 2.16. The Bertz CT molecular complexity index is 519. The zero-order chi connectivity index (χ0) is 11.5. The second-order valence-electron chi connectivity index (χ2n) is 3.72. The van der Waals surface area contributed by atoms with Crippen LogP contribution < -0.4 is 5.32 Å². The first kappa shape index (κ1) is 11.0. The highest BCUT2D eigenvalue weighted by molar-refractivity contribution is 7.17. The average molecular weight is 235 g/mol. The van der Waals surface area contributed by atoms with Crippen molar-refractivity contribution >= 4 is 27.5 Å². The molecule has 0 radical (unpaired) electrons. The largest absolute Gasteiger partial charge is 0.465 e. The topological polar surface area (TPSA) is 49.3 Å². The molecule has 0 aliphatic carbocycles. The van der Waals surface area contributed by atoms with Crippen LogP contribution in [0.1, 0.15) is 11.1 Å². The molecule has 0 aliphatic rings. The van der Waals surface area contributed by atoms with Gasteiger partial charge in [0.15, 0.2) is 0 Å². The lowest BCUT2D eigenvalue weighted by molar-refractivity contribution is 0.194. The minimum atomic E-state index is -0.964. The Kier molecular flexibility index (Phi) is 3.10. The monoisotopic (exact) mass is 235 g/mol. The molecule has 1 aromatic heterocycles. The molecule has 0 saturated heterocycles. The number of hydrogen-bond donors (Lipinski definition) is 2. The number of carbonyl (C=O) groups is 1. The van der Waals surface area contributed by atoms with Crippen LogP contribution >= 0.6 is 11.3 Å². The van der Waals surface area contributed by atoms with Crippen LogP contribution in [0.2, 0.25) is 0 Å². The molecule has 0 spiro atoms. The second-order valence-corrected chi connectivity index (χ2v) is 4.67. The number of rotatable bonds is 3. The van der Waals surface area contributed by atoms with Crippen LogP contribution in [-0.4, -0.2) is 17.7 Å². The minimum absolute atomic E-state index is 0.464. The van der Waals surface area contributed by atoms with Gasteiger partial charge in [-0.2, -0.15) is 0 Å². The lowest BCUT2D eigenvalue weighted by atomic mass is 10.0. The Labute approximate surface area is 97.7 Å². The number of benzene rings is 1. The minimum Gasteiger partial charge on any atom is -0.465 e. The highest BCUT2D eigenvalue weighted by Gasteiger charge is 2.03. The van der Waals surface area contributed by atoms with E-state index in [1.807, 2.05) is 0 Å². The molecule has 0 saturated carbocycles. The summed E-state index contributed by atoms with van der Waals surface area (Å²) in [4.78, 5) is 10.3. The van der Waals surface area contributed by atoms with E-state index in [1.54, 1.807) is 11.3 Å². The summed E-state index contributed by atoms with van der Waals surface area (Å²) in [5, 5.41) is 14.2.